The van der Waals surface area contributed by atoms with E-state index in [-0.39, 0.29) is 5.82 Å². The molecule has 0 saturated heterocycles. The summed E-state index contributed by atoms with van der Waals surface area (Å²) in [6.45, 7) is 1.36. The quantitative estimate of drug-likeness (QED) is 0.899. The van der Waals surface area contributed by atoms with E-state index >= 15 is 0 Å². The molecule has 4 heteroatoms. The molecule has 1 heterocycles. The number of nitrogens with zero attached hydrogens (tertiary/aromatic N) is 1. The molecular formula is C14H17FN2S. The molecule has 2 rings (SSSR count). The van der Waals surface area contributed by atoms with Crippen LogP contribution in [-0.2, 0) is 13.0 Å². The average Bonchev–Trinajstić information content (AvgIpc) is 2.82. The Morgan fingerprint density at radius 1 is 1.33 bits per heavy atom. The fourth-order valence-corrected chi connectivity index (χ4v) is 2.68. The Morgan fingerprint density at radius 3 is 2.83 bits per heavy atom. The van der Waals surface area contributed by atoms with Gasteiger partial charge >= 0.3 is 0 Å². The molecule has 0 radical (unpaired) electrons. The summed E-state index contributed by atoms with van der Waals surface area (Å²) < 4.78 is 13.3. The number of halogens is 1. The number of nitrogens with two attached hydrogens (primary N) is 1. The van der Waals surface area contributed by atoms with Crippen LogP contribution >= 0.6 is 11.3 Å². The minimum Gasteiger partial charge on any atom is -0.370 e. The van der Waals surface area contributed by atoms with Crippen molar-refractivity contribution in [2.45, 2.75) is 13.0 Å². The van der Waals surface area contributed by atoms with Gasteiger partial charge in [-0.25, -0.2) is 4.39 Å². The topological polar surface area (TPSA) is 29.3 Å². The Hall–Kier alpha value is -1.39. The molecule has 96 valence electrons. The molecule has 0 unspecified atom stereocenters. The number of benzene rings is 1. The first-order valence-corrected chi connectivity index (χ1v) is 6.85. The van der Waals surface area contributed by atoms with Gasteiger partial charge in [-0.1, -0.05) is 0 Å². The number of anilines is 1. The van der Waals surface area contributed by atoms with E-state index in [0.717, 1.165) is 17.8 Å². The lowest BCUT2D eigenvalue weighted by Gasteiger charge is -2.22. The van der Waals surface area contributed by atoms with Gasteiger partial charge in [-0.15, -0.1) is 0 Å². The summed E-state index contributed by atoms with van der Waals surface area (Å²) in [4.78, 5) is 2.13. The molecule has 0 aliphatic heterocycles. The van der Waals surface area contributed by atoms with Crippen molar-refractivity contribution in [3.63, 3.8) is 0 Å². The highest BCUT2D eigenvalue weighted by Gasteiger charge is 2.09. The summed E-state index contributed by atoms with van der Waals surface area (Å²) in [5.41, 5.74) is 8.86. The number of rotatable bonds is 5. The summed E-state index contributed by atoms with van der Waals surface area (Å²) in [5.74, 6) is -0.203. The van der Waals surface area contributed by atoms with E-state index in [9.17, 15) is 4.39 Å². The van der Waals surface area contributed by atoms with Gasteiger partial charge in [0, 0.05) is 19.3 Å². The minimum atomic E-state index is -0.203. The fraction of sp³-hybridized carbons (Fsp3) is 0.286. The Morgan fingerprint density at radius 2 is 2.17 bits per heavy atom. The second-order valence-electron chi connectivity index (χ2n) is 4.30. The fourth-order valence-electron chi connectivity index (χ4n) is 2.02. The van der Waals surface area contributed by atoms with E-state index in [1.165, 1.54) is 11.6 Å². The van der Waals surface area contributed by atoms with Gasteiger partial charge in [-0.3, -0.25) is 0 Å². The normalized spacial score (nSPS) is 10.6. The summed E-state index contributed by atoms with van der Waals surface area (Å²) in [7, 11) is 2.02. The standard InChI is InChI=1S/C14H17FN2S/c1-17(9-11-5-7-18-10-11)14-3-2-13(15)8-12(14)4-6-16/h2-3,5,7-8,10H,4,6,9,16H2,1H3. The van der Waals surface area contributed by atoms with Crippen LogP contribution in [-0.4, -0.2) is 13.6 Å². The smallest absolute Gasteiger partial charge is 0.123 e. The molecule has 0 aliphatic rings. The summed E-state index contributed by atoms with van der Waals surface area (Å²) in [5, 5.41) is 4.19. The third-order valence-electron chi connectivity index (χ3n) is 2.87. The Labute approximate surface area is 111 Å². The van der Waals surface area contributed by atoms with E-state index in [2.05, 4.69) is 21.7 Å². The average molecular weight is 264 g/mol. The monoisotopic (exact) mass is 264 g/mol. The molecule has 2 nitrogen and oxygen atoms in total. The minimum absolute atomic E-state index is 0.203. The first-order chi connectivity index (χ1) is 8.70. The Balaban J connectivity index is 2.20. The zero-order chi connectivity index (χ0) is 13.0. The lowest BCUT2D eigenvalue weighted by atomic mass is 10.1. The molecule has 1 aromatic heterocycles. The molecule has 0 atom stereocenters. The SMILES string of the molecule is CN(Cc1ccsc1)c1ccc(F)cc1CCN. The second-order valence-corrected chi connectivity index (χ2v) is 5.08. The van der Waals surface area contributed by atoms with Crippen LogP contribution in [0.1, 0.15) is 11.1 Å². The van der Waals surface area contributed by atoms with Crippen molar-refractivity contribution in [2.24, 2.45) is 5.73 Å². The van der Waals surface area contributed by atoms with Crippen LogP contribution in [0.2, 0.25) is 0 Å². The lowest BCUT2D eigenvalue weighted by molar-refractivity contribution is 0.625. The molecule has 1 aromatic carbocycles. The van der Waals surface area contributed by atoms with Crippen molar-refractivity contribution in [1.29, 1.82) is 0 Å². The summed E-state index contributed by atoms with van der Waals surface area (Å²) in [6.07, 6.45) is 0.696. The molecule has 0 amide bonds. The van der Waals surface area contributed by atoms with Crippen molar-refractivity contribution < 1.29 is 4.39 Å². The third-order valence-corrected chi connectivity index (χ3v) is 3.60. The van der Waals surface area contributed by atoms with E-state index in [1.807, 2.05) is 13.1 Å². The van der Waals surface area contributed by atoms with Crippen LogP contribution in [0.25, 0.3) is 0 Å². The van der Waals surface area contributed by atoms with Crippen LogP contribution < -0.4 is 10.6 Å². The Bertz CT molecular complexity index is 497. The number of hydrogen-bond acceptors (Lipinski definition) is 3. The van der Waals surface area contributed by atoms with Gasteiger partial charge in [0.05, 0.1) is 0 Å². The van der Waals surface area contributed by atoms with Gasteiger partial charge < -0.3 is 10.6 Å². The van der Waals surface area contributed by atoms with Crippen LogP contribution in [0, 0.1) is 5.82 Å². The van der Waals surface area contributed by atoms with Crippen LogP contribution in [0.3, 0.4) is 0 Å². The molecular weight excluding hydrogens is 247 g/mol. The molecule has 0 spiro atoms. The van der Waals surface area contributed by atoms with Crippen LogP contribution in [0.5, 0.6) is 0 Å². The number of hydrogen-bond donors (Lipinski definition) is 1. The Kier molecular flexibility index (Phi) is 4.33. The predicted octanol–water partition coefficient (Wildman–Crippen LogP) is 3.02. The van der Waals surface area contributed by atoms with Gasteiger partial charge in [-0.2, -0.15) is 11.3 Å². The largest absolute Gasteiger partial charge is 0.370 e. The summed E-state index contributed by atoms with van der Waals surface area (Å²) >= 11 is 1.69. The first-order valence-electron chi connectivity index (χ1n) is 5.91. The molecule has 2 aromatic rings. The highest BCUT2D eigenvalue weighted by Crippen LogP contribution is 2.23. The van der Waals surface area contributed by atoms with E-state index in [0.29, 0.717) is 13.0 Å². The van der Waals surface area contributed by atoms with E-state index < -0.39 is 0 Å². The van der Waals surface area contributed by atoms with Crippen molar-refractivity contribution in [3.05, 3.63) is 52.0 Å². The van der Waals surface area contributed by atoms with Crippen molar-refractivity contribution in [1.82, 2.24) is 0 Å². The van der Waals surface area contributed by atoms with Crippen molar-refractivity contribution in [2.75, 3.05) is 18.5 Å². The maximum absolute atomic E-state index is 13.3. The maximum atomic E-state index is 13.3. The molecule has 0 saturated carbocycles. The second kappa shape index (κ2) is 5.98. The number of thiophene rings is 1. The highest BCUT2D eigenvalue weighted by atomic mass is 32.1. The maximum Gasteiger partial charge on any atom is 0.123 e. The van der Waals surface area contributed by atoms with E-state index in [4.69, 9.17) is 5.73 Å². The zero-order valence-corrected chi connectivity index (χ0v) is 11.2. The van der Waals surface area contributed by atoms with Crippen LogP contribution in [0.15, 0.2) is 35.0 Å². The predicted molar refractivity (Wildman–Crippen MR) is 75.6 cm³/mol. The molecule has 0 bridgehead atoms. The highest BCUT2D eigenvalue weighted by molar-refractivity contribution is 7.07. The van der Waals surface area contributed by atoms with Crippen LogP contribution in [0.4, 0.5) is 10.1 Å². The summed E-state index contributed by atoms with van der Waals surface area (Å²) in [6, 6.07) is 7.01. The molecule has 2 N–H and O–H groups in total. The van der Waals surface area contributed by atoms with Gasteiger partial charge in [0.15, 0.2) is 0 Å². The van der Waals surface area contributed by atoms with Crippen molar-refractivity contribution >= 4 is 17.0 Å². The van der Waals surface area contributed by atoms with E-state index in [1.54, 1.807) is 17.4 Å². The van der Waals surface area contributed by atoms with Gasteiger partial charge in [0.1, 0.15) is 5.82 Å². The van der Waals surface area contributed by atoms with Gasteiger partial charge in [0.25, 0.3) is 0 Å². The lowest BCUT2D eigenvalue weighted by Crippen LogP contribution is -2.18. The van der Waals surface area contributed by atoms with Gasteiger partial charge in [0.2, 0.25) is 0 Å². The van der Waals surface area contributed by atoms with Gasteiger partial charge in [-0.05, 0) is 59.1 Å². The van der Waals surface area contributed by atoms with Crippen molar-refractivity contribution in [3.8, 4) is 0 Å². The third kappa shape index (κ3) is 3.09. The zero-order valence-electron chi connectivity index (χ0n) is 10.4. The molecule has 0 aliphatic carbocycles. The molecule has 0 fully saturated rings. The first kappa shape index (κ1) is 13.1. The molecule has 18 heavy (non-hydrogen) atoms.